The van der Waals surface area contributed by atoms with Gasteiger partial charge in [-0.15, -0.1) is 0 Å². The predicted molar refractivity (Wildman–Crippen MR) is 114 cm³/mol. The van der Waals surface area contributed by atoms with E-state index >= 15 is 0 Å². The number of nitrogens with one attached hydrogen (secondary N) is 1. The predicted octanol–water partition coefficient (Wildman–Crippen LogP) is 1.96. The number of ketones is 1. The number of rotatable bonds is 6. The lowest BCUT2D eigenvalue weighted by molar-refractivity contribution is -0.195. The highest BCUT2D eigenvalue weighted by Gasteiger charge is 2.58. The molecule has 0 saturated carbocycles. The van der Waals surface area contributed by atoms with Crippen molar-refractivity contribution in [3.05, 3.63) is 42.5 Å². The molecule has 0 bridgehead atoms. The first-order chi connectivity index (χ1) is 15.9. The van der Waals surface area contributed by atoms with Crippen LogP contribution in [0, 0.1) is 11.3 Å². The Morgan fingerprint density at radius 1 is 1.21 bits per heavy atom. The summed E-state index contributed by atoms with van der Waals surface area (Å²) in [5.41, 5.74) is 2.09. The number of ether oxygens (including phenoxy) is 4. The van der Waals surface area contributed by atoms with Gasteiger partial charge in [0.05, 0.1) is 13.4 Å². The molecule has 5 rings (SSSR count). The van der Waals surface area contributed by atoms with E-state index in [0.29, 0.717) is 23.5 Å². The van der Waals surface area contributed by atoms with Crippen LogP contribution in [0.15, 0.2) is 36.9 Å². The van der Waals surface area contributed by atoms with Crippen molar-refractivity contribution in [2.75, 3.05) is 12.4 Å². The molecule has 2 saturated heterocycles. The normalized spacial score (nSPS) is 25.5. The van der Waals surface area contributed by atoms with Crippen LogP contribution in [0.4, 0.5) is 5.82 Å². The van der Waals surface area contributed by atoms with E-state index < -0.39 is 36.1 Å². The zero-order valence-electron chi connectivity index (χ0n) is 18.3. The number of anilines is 1. The minimum Gasteiger partial charge on any atom is -0.497 e. The van der Waals surface area contributed by atoms with Crippen molar-refractivity contribution in [2.24, 2.45) is 0 Å². The molecule has 3 aromatic rings. The van der Waals surface area contributed by atoms with Crippen molar-refractivity contribution >= 4 is 22.8 Å². The van der Waals surface area contributed by atoms with Crippen LogP contribution in [-0.2, 0) is 25.5 Å². The van der Waals surface area contributed by atoms with Gasteiger partial charge in [0.2, 0.25) is 0 Å². The molecule has 1 N–H and O–H groups in total. The number of hydrogen-bond acceptors (Lipinski definition) is 10. The van der Waals surface area contributed by atoms with Gasteiger partial charge in [0.25, 0.3) is 5.78 Å². The Bertz CT molecular complexity index is 1230. The molecule has 0 spiro atoms. The van der Waals surface area contributed by atoms with Crippen LogP contribution in [0.3, 0.4) is 0 Å². The van der Waals surface area contributed by atoms with Gasteiger partial charge in [-0.1, -0.05) is 12.1 Å². The minimum atomic E-state index is -1.06. The molecule has 170 valence electrons. The van der Waals surface area contributed by atoms with E-state index in [2.05, 4.69) is 20.3 Å². The largest absolute Gasteiger partial charge is 0.497 e. The van der Waals surface area contributed by atoms with E-state index in [1.54, 1.807) is 37.9 Å². The Kier molecular flexibility index (Phi) is 5.20. The van der Waals surface area contributed by atoms with Gasteiger partial charge < -0.3 is 24.3 Å². The number of carbonyl (C=O) groups is 1. The van der Waals surface area contributed by atoms with Gasteiger partial charge in [0, 0.05) is 6.54 Å². The molecule has 2 aromatic heterocycles. The molecule has 1 aromatic carbocycles. The first kappa shape index (κ1) is 21.3. The van der Waals surface area contributed by atoms with Gasteiger partial charge in [0.1, 0.15) is 30.4 Å². The van der Waals surface area contributed by atoms with E-state index in [4.69, 9.17) is 24.2 Å². The monoisotopic (exact) mass is 450 g/mol. The fourth-order valence-electron chi connectivity index (χ4n) is 4.17. The fraction of sp³-hybridized carbons (Fsp3) is 0.409. The highest BCUT2D eigenvalue weighted by Crippen LogP contribution is 2.44. The smallest absolute Gasteiger partial charge is 0.263 e. The molecule has 0 radical (unpaired) electrons. The van der Waals surface area contributed by atoms with Crippen molar-refractivity contribution in [3.8, 4) is 11.8 Å². The average Bonchev–Trinajstić information content (AvgIpc) is 3.48. The van der Waals surface area contributed by atoms with Crippen molar-refractivity contribution in [2.45, 2.75) is 50.7 Å². The van der Waals surface area contributed by atoms with Crippen LogP contribution in [0.5, 0.6) is 5.75 Å². The van der Waals surface area contributed by atoms with Crippen molar-refractivity contribution in [1.82, 2.24) is 19.5 Å². The quantitative estimate of drug-likeness (QED) is 0.556. The standard InChI is InChI=1S/C22H22N6O5/c1-22(2)32-17-16(14(29)8-23)31-21(18(17)33-22)28-11-27-15-19(25-10-26-20(15)28)24-9-12-4-6-13(30-3)7-5-12/h4-7,10-11,16-18,21H,9H2,1-3H3,(H,24,25,26)/t16-,17?,18?,21-/m1/s1. The molecule has 0 amide bonds. The van der Waals surface area contributed by atoms with Crippen molar-refractivity contribution in [1.29, 1.82) is 5.26 Å². The number of methoxy groups -OCH3 is 1. The lowest BCUT2D eigenvalue weighted by Gasteiger charge is -2.23. The van der Waals surface area contributed by atoms with Gasteiger partial charge in [-0.25, -0.2) is 15.0 Å². The highest BCUT2D eigenvalue weighted by molar-refractivity contribution is 5.97. The maximum Gasteiger partial charge on any atom is 0.263 e. The second-order valence-corrected chi connectivity index (χ2v) is 8.24. The van der Waals surface area contributed by atoms with Gasteiger partial charge >= 0.3 is 0 Å². The number of aromatic nitrogens is 4. The maximum absolute atomic E-state index is 12.2. The number of nitriles is 1. The van der Waals surface area contributed by atoms with Crippen molar-refractivity contribution in [3.63, 3.8) is 0 Å². The average molecular weight is 450 g/mol. The summed E-state index contributed by atoms with van der Waals surface area (Å²) >= 11 is 0. The summed E-state index contributed by atoms with van der Waals surface area (Å²) in [5, 5.41) is 12.4. The van der Waals surface area contributed by atoms with Gasteiger partial charge in [-0.05, 0) is 31.5 Å². The van der Waals surface area contributed by atoms with E-state index in [0.717, 1.165) is 11.3 Å². The Hall–Kier alpha value is -3.59. The Balaban J connectivity index is 1.42. The van der Waals surface area contributed by atoms with Gasteiger partial charge in [-0.2, -0.15) is 5.26 Å². The molecular formula is C22H22N6O5. The summed E-state index contributed by atoms with van der Waals surface area (Å²) in [6.45, 7) is 4.04. The third kappa shape index (κ3) is 3.78. The van der Waals surface area contributed by atoms with Gasteiger partial charge in [-0.3, -0.25) is 9.36 Å². The minimum absolute atomic E-state index is 0.504. The second-order valence-electron chi connectivity index (χ2n) is 8.24. The maximum atomic E-state index is 12.2. The molecule has 2 aliphatic rings. The SMILES string of the molecule is COc1ccc(CNc2ncnc3c2ncn3[C@@H]2O[C@H](C(=O)C#N)C3OC(C)(C)OC32)cc1. The first-order valence-corrected chi connectivity index (χ1v) is 10.4. The molecule has 4 heterocycles. The number of imidazole rings is 1. The Morgan fingerprint density at radius 3 is 2.70 bits per heavy atom. The highest BCUT2D eigenvalue weighted by atomic mass is 16.8. The molecule has 4 atom stereocenters. The lowest BCUT2D eigenvalue weighted by atomic mass is 10.1. The summed E-state index contributed by atoms with van der Waals surface area (Å²) < 4.78 is 24.7. The summed E-state index contributed by atoms with van der Waals surface area (Å²) in [6, 6.07) is 9.33. The first-order valence-electron chi connectivity index (χ1n) is 10.4. The number of hydrogen-bond donors (Lipinski definition) is 1. The van der Waals surface area contributed by atoms with Crippen LogP contribution < -0.4 is 10.1 Å². The Morgan fingerprint density at radius 2 is 1.97 bits per heavy atom. The topological polar surface area (TPSA) is 133 Å². The third-order valence-corrected chi connectivity index (χ3v) is 5.65. The third-order valence-electron chi connectivity index (χ3n) is 5.65. The zero-order chi connectivity index (χ0) is 23.2. The molecule has 11 nitrogen and oxygen atoms in total. The number of carbonyl (C=O) groups excluding carboxylic acids is 1. The van der Waals surface area contributed by atoms with Gasteiger partial charge in [0.15, 0.2) is 35.1 Å². The number of fused-ring (bicyclic) bond motifs is 2. The summed E-state index contributed by atoms with van der Waals surface area (Å²) in [6.07, 6.45) is -0.119. The lowest BCUT2D eigenvalue weighted by Crippen LogP contribution is -2.34. The van der Waals surface area contributed by atoms with E-state index in [1.807, 2.05) is 24.3 Å². The zero-order valence-corrected chi connectivity index (χ0v) is 18.3. The van der Waals surface area contributed by atoms with Crippen LogP contribution >= 0.6 is 0 Å². The fourth-order valence-corrected chi connectivity index (χ4v) is 4.17. The van der Waals surface area contributed by atoms with Crippen LogP contribution in [0.1, 0.15) is 25.6 Å². The molecule has 2 aliphatic heterocycles. The molecule has 2 fully saturated rings. The Labute approximate surface area is 189 Å². The molecule has 2 unspecified atom stereocenters. The number of nitrogens with zero attached hydrogens (tertiary/aromatic N) is 5. The van der Waals surface area contributed by atoms with E-state index in [1.165, 1.54) is 6.33 Å². The van der Waals surface area contributed by atoms with Crippen LogP contribution in [0.25, 0.3) is 11.2 Å². The second kappa shape index (κ2) is 8.08. The molecular weight excluding hydrogens is 428 g/mol. The molecule has 0 aliphatic carbocycles. The summed E-state index contributed by atoms with van der Waals surface area (Å²) in [4.78, 5) is 25.3. The summed E-state index contributed by atoms with van der Waals surface area (Å²) in [5.74, 6) is -0.291. The van der Waals surface area contributed by atoms with Crippen LogP contribution in [0.2, 0.25) is 0 Å². The number of Topliss-reactive ketones (excluding diaryl/α,β-unsaturated/α-hetero) is 1. The summed E-state index contributed by atoms with van der Waals surface area (Å²) in [7, 11) is 1.62. The van der Waals surface area contributed by atoms with E-state index in [9.17, 15) is 4.79 Å². The molecule has 11 heteroatoms. The molecule has 33 heavy (non-hydrogen) atoms. The van der Waals surface area contributed by atoms with Crippen molar-refractivity contribution < 1.29 is 23.7 Å². The van der Waals surface area contributed by atoms with Crippen LogP contribution in [-0.4, -0.2) is 56.5 Å². The van der Waals surface area contributed by atoms with E-state index in [-0.39, 0.29) is 0 Å². The number of benzene rings is 1.